The van der Waals surface area contributed by atoms with Crippen molar-refractivity contribution in [1.29, 1.82) is 0 Å². The summed E-state index contributed by atoms with van der Waals surface area (Å²) < 4.78 is 66.7. The molecule has 1 saturated carbocycles. The lowest BCUT2D eigenvalue weighted by molar-refractivity contribution is -0.140. The van der Waals surface area contributed by atoms with Gasteiger partial charge >= 0.3 is 6.18 Å². The predicted molar refractivity (Wildman–Crippen MR) is 130 cm³/mol. The molecule has 1 aliphatic carbocycles. The van der Waals surface area contributed by atoms with Gasteiger partial charge in [-0.05, 0) is 52.3 Å². The van der Waals surface area contributed by atoms with Crippen molar-refractivity contribution in [3.63, 3.8) is 0 Å². The SMILES string of the molecule is C=N/C(=C\c1c(C)c(-c2cnc(C)o2)nn1C1CCC(Oc2nccc(C(F)(F)F)c2F)CC1)NCC. The highest BCUT2D eigenvalue weighted by Crippen LogP contribution is 2.37. The average molecular weight is 521 g/mol. The molecule has 198 valence electrons. The van der Waals surface area contributed by atoms with Crippen LogP contribution in [0, 0.1) is 19.7 Å². The van der Waals surface area contributed by atoms with Crippen LogP contribution in [0.2, 0.25) is 0 Å². The second kappa shape index (κ2) is 10.7. The molecule has 0 saturated heterocycles. The highest BCUT2D eigenvalue weighted by atomic mass is 19.4. The maximum absolute atomic E-state index is 14.4. The molecule has 1 fully saturated rings. The van der Waals surface area contributed by atoms with Crippen molar-refractivity contribution in [2.45, 2.75) is 64.8 Å². The first-order chi connectivity index (χ1) is 17.6. The van der Waals surface area contributed by atoms with Crippen LogP contribution in [0.3, 0.4) is 0 Å². The number of nitrogens with one attached hydrogen (secondary N) is 1. The van der Waals surface area contributed by atoms with Crippen LogP contribution in [0.5, 0.6) is 5.88 Å². The van der Waals surface area contributed by atoms with Gasteiger partial charge in [-0.1, -0.05) is 0 Å². The number of rotatable bonds is 8. The maximum Gasteiger partial charge on any atom is 0.419 e. The first kappa shape index (κ1) is 26.4. The molecule has 0 radical (unpaired) electrons. The third-order valence-electron chi connectivity index (χ3n) is 6.28. The lowest BCUT2D eigenvalue weighted by Gasteiger charge is -2.29. The Labute approximate surface area is 211 Å². The van der Waals surface area contributed by atoms with Crippen LogP contribution in [-0.2, 0) is 6.18 Å². The Morgan fingerprint density at radius 1 is 1.27 bits per heavy atom. The number of nitrogens with zero attached hydrogens (tertiary/aromatic N) is 5. The van der Waals surface area contributed by atoms with Gasteiger partial charge < -0.3 is 14.5 Å². The van der Waals surface area contributed by atoms with Crippen molar-refractivity contribution in [3.05, 3.63) is 52.8 Å². The number of halogens is 4. The molecule has 12 heteroatoms. The largest absolute Gasteiger partial charge is 0.472 e. The number of hydrogen-bond donors (Lipinski definition) is 1. The van der Waals surface area contributed by atoms with E-state index in [1.807, 2.05) is 24.6 Å². The molecule has 37 heavy (non-hydrogen) atoms. The summed E-state index contributed by atoms with van der Waals surface area (Å²) in [5.41, 5.74) is 0.962. The highest BCUT2D eigenvalue weighted by Gasteiger charge is 2.36. The number of pyridine rings is 1. The van der Waals surface area contributed by atoms with E-state index in [9.17, 15) is 17.6 Å². The molecule has 0 aliphatic heterocycles. The number of aliphatic imine (C=N–C) groups is 1. The van der Waals surface area contributed by atoms with Crippen molar-refractivity contribution in [2.24, 2.45) is 4.99 Å². The van der Waals surface area contributed by atoms with Crippen molar-refractivity contribution >= 4 is 12.8 Å². The topological polar surface area (TPSA) is 90.4 Å². The Kier molecular flexibility index (Phi) is 7.65. The fourth-order valence-electron chi connectivity index (χ4n) is 4.44. The Hall–Kier alpha value is -3.70. The minimum atomic E-state index is -4.82. The van der Waals surface area contributed by atoms with Gasteiger partial charge in [-0.2, -0.15) is 18.3 Å². The van der Waals surface area contributed by atoms with Gasteiger partial charge in [0.2, 0.25) is 0 Å². The van der Waals surface area contributed by atoms with E-state index in [-0.39, 0.29) is 6.04 Å². The lowest BCUT2D eigenvalue weighted by atomic mass is 9.92. The van der Waals surface area contributed by atoms with Crippen LogP contribution in [-0.4, -0.2) is 39.1 Å². The molecule has 1 N–H and O–H groups in total. The van der Waals surface area contributed by atoms with Gasteiger partial charge in [0.05, 0.1) is 23.5 Å². The minimum Gasteiger partial charge on any atom is -0.472 e. The van der Waals surface area contributed by atoms with Gasteiger partial charge in [0.25, 0.3) is 5.88 Å². The molecular weight excluding hydrogens is 492 g/mol. The molecule has 0 amide bonds. The summed E-state index contributed by atoms with van der Waals surface area (Å²) in [5.74, 6) is -0.465. The van der Waals surface area contributed by atoms with Gasteiger partial charge in [0.15, 0.2) is 17.5 Å². The Morgan fingerprint density at radius 2 is 2.00 bits per heavy atom. The van der Waals surface area contributed by atoms with Gasteiger partial charge in [0, 0.05) is 31.3 Å². The number of aryl methyl sites for hydroxylation is 1. The second-order valence-corrected chi connectivity index (χ2v) is 8.79. The van der Waals surface area contributed by atoms with E-state index < -0.39 is 29.5 Å². The van der Waals surface area contributed by atoms with E-state index >= 15 is 0 Å². The zero-order chi connectivity index (χ0) is 26.7. The molecule has 0 aromatic carbocycles. The van der Waals surface area contributed by atoms with Crippen LogP contribution in [0.15, 0.2) is 33.7 Å². The normalized spacial score (nSPS) is 18.6. The summed E-state index contributed by atoms with van der Waals surface area (Å²) in [4.78, 5) is 11.9. The fourth-order valence-corrected chi connectivity index (χ4v) is 4.44. The second-order valence-electron chi connectivity index (χ2n) is 8.79. The molecule has 0 unspecified atom stereocenters. The van der Waals surface area contributed by atoms with Crippen LogP contribution >= 0.6 is 0 Å². The van der Waals surface area contributed by atoms with E-state index in [0.717, 1.165) is 17.5 Å². The number of ether oxygens (including phenoxy) is 1. The number of oxazole rings is 1. The summed E-state index contributed by atoms with van der Waals surface area (Å²) in [6, 6.07) is 0.566. The van der Waals surface area contributed by atoms with Crippen molar-refractivity contribution in [3.8, 4) is 17.3 Å². The summed E-state index contributed by atoms with van der Waals surface area (Å²) in [6.45, 7) is 9.94. The number of alkyl halides is 3. The van der Waals surface area contributed by atoms with Crippen molar-refractivity contribution < 1.29 is 26.7 Å². The highest BCUT2D eigenvalue weighted by molar-refractivity contribution is 5.65. The first-order valence-corrected chi connectivity index (χ1v) is 11.9. The third-order valence-corrected chi connectivity index (χ3v) is 6.28. The first-order valence-electron chi connectivity index (χ1n) is 11.9. The van der Waals surface area contributed by atoms with E-state index in [0.29, 0.717) is 61.5 Å². The zero-order valence-electron chi connectivity index (χ0n) is 20.8. The maximum atomic E-state index is 14.4. The van der Waals surface area contributed by atoms with E-state index in [2.05, 4.69) is 27.0 Å². The van der Waals surface area contributed by atoms with E-state index in [1.54, 1.807) is 13.1 Å². The smallest absolute Gasteiger partial charge is 0.419 e. The Balaban J connectivity index is 1.57. The van der Waals surface area contributed by atoms with Crippen molar-refractivity contribution in [1.82, 2.24) is 25.1 Å². The van der Waals surface area contributed by atoms with Crippen molar-refractivity contribution in [2.75, 3.05) is 6.54 Å². The fraction of sp³-hybridized carbons (Fsp3) is 0.440. The summed E-state index contributed by atoms with van der Waals surface area (Å²) in [6.07, 6.45) is 1.30. The van der Waals surface area contributed by atoms with E-state index in [1.165, 1.54) is 0 Å². The molecular formula is C25H28F4N6O2. The molecule has 3 heterocycles. The summed E-state index contributed by atoms with van der Waals surface area (Å²) in [5, 5.41) is 8.00. The lowest BCUT2D eigenvalue weighted by Crippen LogP contribution is -2.27. The Bertz CT molecular complexity index is 1290. The zero-order valence-corrected chi connectivity index (χ0v) is 20.8. The quantitative estimate of drug-likeness (QED) is 0.295. The third kappa shape index (κ3) is 5.67. The molecule has 8 nitrogen and oxygen atoms in total. The Morgan fingerprint density at radius 3 is 2.59 bits per heavy atom. The van der Waals surface area contributed by atoms with Crippen LogP contribution in [0.4, 0.5) is 17.6 Å². The average Bonchev–Trinajstić information content (AvgIpc) is 3.43. The molecule has 1 aliphatic rings. The summed E-state index contributed by atoms with van der Waals surface area (Å²) >= 11 is 0. The number of hydrogen-bond acceptors (Lipinski definition) is 7. The number of aromatic nitrogens is 4. The molecule has 0 atom stereocenters. The standard InChI is InChI=1S/C25H28F4N6O2/c1-5-31-21(30-4)12-19-14(2)23(20-13-33-15(3)36-20)34-35(19)16-6-8-17(9-7-16)37-24-22(26)18(10-11-32-24)25(27,28)29/h10-13,16-17,31H,4-9H2,1-3H3/b21-12+. The monoisotopic (exact) mass is 520 g/mol. The molecule has 3 aromatic heterocycles. The van der Waals surface area contributed by atoms with E-state index in [4.69, 9.17) is 14.3 Å². The molecule has 3 aromatic rings. The van der Waals surface area contributed by atoms with Crippen LogP contribution < -0.4 is 10.1 Å². The van der Waals surface area contributed by atoms with Gasteiger partial charge in [-0.25, -0.2) is 19.4 Å². The molecule has 4 rings (SSSR count). The van der Waals surface area contributed by atoms with Gasteiger partial charge in [0.1, 0.15) is 17.6 Å². The minimum absolute atomic E-state index is 0.0328. The van der Waals surface area contributed by atoms with Gasteiger partial charge in [-0.3, -0.25) is 4.68 Å². The van der Waals surface area contributed by atoms with Crippen LogP contribution in [0.1, 0.15) is 61.4 Å². The molecule has 0 bridgehead atoms. The molecule has 0 spiro atoms. The predicted octanol–water partition coefficient (Wildman–Crippen LogP) is 5.88. The van der Waals surface area contributed by atoms with Crippen LogP contribution in [0.25, 0.3) is 17.5 Å². The van der Waals surface area contributed by atoms with Gasteiger partial charge in [-0.15, -0.1) is 0 Å². The summed E-state index contributed by atoms with van der Waals surface area (Å²) in [7, 11) is 0.